The van der Waals surface area contributed by atoms with E-state index in [0.29, 0.717) is 25.0 Å². The highest BCUT2D eigenvalue weighted by Crippen LogP contribution is 2.33. The highest BCUT2D eigenvalue weighted by Gasteiger charge is 2.40. The van der Waals surface area contributed by atoms with Gasteiger partial charge in [0.25, 0.3) is 0 Å². The second kappa shape index (κ2) is 7.78. The van der Waals surface area contributed by atoms with Gasteiger partial charge in [-0.25, -0.2) is 0 Å². The Bertz CT molecular complexity index is 644. The van der Waals surface area contributed by atoms with E-state index in [1.807, 2.05) is 40.1 Å². The van der Waals surface area contributed by atoms with E-state index in [2.05, 4.69) is 0 Å². The molecule has 3 aliphatic heterocycles. The van der Waals surface area contributed by atoms with E-state index in [0.717, 1.165) is 44.3 Å². The first-order chi connectivity index (χ1) is 12.7. The van der Waals surface area contributed by atoms with E-state index in [1.165, 1.54) is 6.42 Å². The minimum atomic E-state index is 0.0635. The lowest BCUT2D eigenvalue weighted by Gasteiger charge is -2.36. The standard InChI is InChI=1S/C21H28N2O3/c24-20(15-26-14-16-5-2-1-3-6-16)23-12-17-9-10-19(23)13-22(11-17)21(25)18-7-4-8-18/h1-3,5-6,17-19H,4,7-15H2/t17-,19+/m0/s1. The van der Waals surface area contributed by atoms with Gasteiger partial charge in [0.15, 0.2) is 0 Å². The molecule has 140 valence electrons. The molecule has 1 aromatic carbocycles. The van der Waals surface area contributed by atoms with Gasteiger partial charge in [-0.3, -0.25) is 9.59 Å². The van der Waals surface area contributed by atoms with Crippen LogP contribution in [0.15, 0.2) is 30.3 Å². The molecule has 0 radical (unpaired) electrons. The molecule has 2 atom stereocenters. The third-order valence-electron chi connectivity index (χ3n) is 6.14. The molecule has 26 heavy (non-hydrogen) atoms. The zero-order valence-electron chi connectivity index (χ0n) is 15.3. The third-order valence-corrected chi connectivity index (χ3v) is 6.14. The van der Waals surface area contributed by atoms with Crippen molar-refractivity contribution in [2.24, 2.45) is 11.8 Å². The van der Waals surface area contributed by atoms with Crippen molar-refractivity contribution >= 4 is 11.8 Å². The molecule has 2 amide bonds. The monoisotopic (exact) mass is 356 g/mol. The molecule has 5 nitrogen and oxygen atoms in total. The number of carbonyl (C=O) groups excluding carboxylic acids is 2. The van der Waals surface area contributed by atoms with Crippen molar-refractivity contribution in [3.8, 4) is 0 Å². The molecule has 5 heteroatoms. The molecule has 1 aliphatic carbocycles. The van der Waals surface area contributed by atoms with E-state index >= 15 is 0 Å². The number of amides is 2. The molecule has 0 unspecified atom stereocenters. The molecule has 4 fully saturated rings. The van der Waals surface area contributed by atoms with E-state index in [9.17, 15) is 9.59 Å². The lowest BCUT2D eigenvalue weighted by atomic mass is 9.84. The number of carbonyl (C=O) groups is 2. The van der Waals surface area contributed by atoms with Crippen LogP contribution in [0.5, 0.6) is 0 Å². The van der Waals surface area contributed by atoms with Crippen LogP contribution in [-0.2, 0) is 20.9 Å². The first-order valence-electron chi connectivity index (χ1n) is 9.90. The maximum atomic E-state index is 12.7. The Morgan fingerprint density at radius 3 is 2.54 bits per heavy atom. The van der Waals surface area contributed by atoms with Gasteiger partial charge >= 0.3 is 0 Å². The summed E-state index contributed by atoms with van der Waals surface area (Å²) < 4.78 is 5.65. The molecular weight excluding hydrogens is 328 g/mol. The summed E-state index contributed by atoms with van der Waals surface area (Å²) >= 11 is 0. The highest BCUT2D eigenvalue weighted by atomic mass is 16.5. The summed E-state index contributed by atoms with van der Waals surface area (Å²) in [6, 6.07) is 10.1. The summed E-state index contributed by atoms with van der Waals surface area (Å²) in [6.07, 6.45) is 5.39. The third kappa shape index (κ3) is 3.78. The van der Waals surface area contributed by atoms with Crippen molar-refractivity contribution < 1.29 is 14.3 Å². The summed E-state index contributed by atoms with van der Waals surface area (Å²) in [6.45, 7) is 2.87. The van der Waals surface area contributed by atoms with Gasteiger partial charge in [0, 0.05) is 31.6 Å². The summed E-state index contributed by atoms with van der Waals surface area (Å²) in [4.78, 5) is 29.4. The van der Waals surface area contributed by atoms with Gasteiger partial charge in [0.1, 0.15) is 6.61 Å². The minimum Gasteiger partial charge on any atom is -0.367 e. The lowest BCUT2D eigenvalue weighted by molar-refractivity contribution is -0.142. The number of fused-ring (bicyclic) bond motifs is 4. The molecule has 5 rings (SSSR count). The summed E-state index contributed by atoms with van der Waals surface area (Å²) in [5.41, 5.74) is 1.08. The Kier molecular flexibility index (Phi) is 5.25. The second-order valence-corrected chi connectivity index (χ2v) is 7.99. The lowest BCUT2D eigenvalue weighted by Crippen LogP contribution is -2.49. The van der Waals surface area contributed by atoms with Crippen LogP contribution in [0.3, 0.4) is 0 Å². The number of ether oxygens (including phenoxy) is 1. The van der Waals surface area contributed by atoms with Crippen LogP contribution in [-0.4, -0.2) is 53.9 Å². The predicted molar refractivity (Wildman–Crippen MR) is 98.2 cm³/mol. The fourth-order valence-corrected chi connectivity index (χ4v) is 4.39. The Hall–Kier alpha value is -1.88. The molecule has 1 saturated carbocycles. The zero-order chi connectivity index (χ0) is 17.9. The number of hydrogen-bond donors (Lipinski definition) is 0. The van der Waals surface area contributed by atoms with E-state index in [4.69, 9.17) is 4.74 Å². The Morgan fingerprint density at radius 2 is 1.81 bits per heavy atom. The summed E-state index contributed by atoms with van der Waals surface area (Å²) in [5.74, 6) is 1.04. The Labute approximate surface area is 155 Å². The van der Waals surface area contributed by atoms with E-state index < -0.39 is 0 Å². The molecule has 1 aromatic rings. The first kappa shape index (κ1) is 17.5. The SMILES string of the molecule is O=C(C1CCC1)N1C[C@@H]2CC[C@H](C1)N(C(=O)COCc1ccccc1)C2. The van der Waals surface area contributed by atoms with Crippen molar-refractivity contribution in [3.63, 3.8) is 0 Å². The fraction of sp³-hybridized carbons (Fsp3) is 0.619. The van der Waals surface area contributed by atoms with Gasteiger partial charge in [-0.1, -0.05) is 36.8 Å². The average Bonchev–Trinajstić information content (AvgIpc) is 2.93. The Balaban J connectivity index is 1.32. The van der Waals surface area contributed by atoms with Gasteiger partial charge in [0.2, 0.25) is 11.8 Å². The van der Waals surface area contributed by atoms with Gasteiger partial charge < -0.3 is 14.5 Å². The molecule has 4 aliphatic rings. The fourth-order valence-electron chi connectivity index (χ4n) is 4.39. The number of benzene rings is 1. The van der Waals surface area contributed by atoms with Crippen molar-refractivity contribution in [2.75, 3.05) is 26.2 Å². The molecule has 0 N–H and O–H groups in total. The van der Waals surface area contributed by atoms with Gasteiger partial charge in [-0.15, -0.1) is 0 Å². The van der Waals surface area contributed by atoms with Crippen LogP contribution < -0.4 is 0 Å². The largest absolute Gasteiger partial charge is 0.367 e. The maximum Gasteiger partial charge on any atom is 0.248 e. The quantitative estimate of drug-likeness (QED) is 0.814. The number of nitrogens with zero attached hydrogens (tertiary/aromatic N) is 2. The van der Waals surface area contributed by atoms with E-state index in [1.54, 1.807) is 0 Å². The van der Waals surface area contributed by atoms with Crippen molar-refractivity contribution in [1.29, 1.82) is 0 Å². The molecule has 2 bridgehead atoms. The van der Waals surface area contributed by atoms with Crippen molar-refractivity contribution in [3.05, 3.63) is 35.9 Å². The molecule has 3 saturated heterocycles. The van der Waals surface area contributed by atoms with Crippen molar-refractivity contribution in [2.45, 2.75) is 44.8 Å². The molecule has 3 heterocycles. The van der Waals surface area contributed by atoms with Gasteiger partial charge in [0.05, 0.1) is 6.61 Å². The normalized spacial score (nSPS) is 25.7. The average molecular weight is 356 g/mol. The zero-order valence-corrected chi connectivity index (χ0v) is 15.3. The summed E-state index contributed by atoms with van der Waals surface area (Å²) in [7, 11) is 0. The van der Waals surface area contributed by atoms with Crippen LogP contribution in [0.25, 0.3) is 0 Å². The number of rotatable bonds is 5. The van der Waals surface area contributed by atoms with Crippen LogP contribution in [0.2, 0.25) is 0 Å². The summed E-state index contributed by atoms with van der Waals surface area (Å²) in [5, 5.41) is 0. The smallest absolute Gasteiger partial charge is 0.248 e. The molecular formula is C21H28N2O3. The van der Waals surface area contributed by atoms with Crippen LogP contribution in [0.1, 0.15) is 37.7 Å². The Morgan fingerprint density at radius 1 is 1.00 bits per heavy atom. The van der Waals surface area contributed by atoms with Crippen molar-refractivity contribution in [1.82, 2.24) is 9.80 Å². The minimum absolute atomic E-state index is 0.0635. The topological polar surface area (TPSA) is 49.9 Å². The maximum absolute atomic E-state index is 12.7. The molecule has 0 spiro atoms. The van der Waals surface area contributed by atoms with Gasteiger partial charge in [-0.2, -0.15) is 0 Å². The van der Waals surface area contributed by atoms with Crippen LogP contribution >= 0.6 is 0 Å². The number of hydrogen-bond acceptors (Lipinski definition) is 3. The first-order valence-corrected chi connectivity index (χ1v) is 9.90. The van der Waals surface area contributed by atoms with E-state index in [-0.39, 0.29) is 24.5 Å². The predicted octanol–water partition coefficient (Wildman–Crippen LogP) is 2.45. The van der Waals surface area contributed by atoms with Gasteiger partial charge in [-0.05, 0) is 37.2 Å². The highest BCUT2D eigenvalue weighted by molar-refractivity contribution is 5.81. The number of piperidine rings is 1. The van der Waals surface area contributed by atoms with Crippen LogP contribution in [0.4, 0.5) is 0 Å². The molecule has 0 aromatic heterocycles. The van der Waals surface area contributed by atoms with Crippen LogP contribution in [0, 0.1) is 11.8 Å². The second-order valence-electron chi connectivity index (χ2n) is 7.99.